The van der Waals surface area contributed by atoms with Crippen LogP contribution in [0.25, 0.3) is 0 Å². The van der Waals surface area contributed by atoms with Crippen LogP contribution in [0.1, 0.15) is 23.7 Å². The Hall–Kier alpha value is -2.50. The van der Waals surface area contributed by atoms with Crippen molar-refractivity contribution in [3.05, 3.63) is 42.2 Å². The number of rotatable bonds is 2. The van der Waals surface area contributed by atoms with E-state index in [4.69, 9.17) is 0 Å². The van der Waals surface area contributed by atoms with Crippen molar-refractivity contribution in [3.8, 4) is 0 Å². The summed E-state index contributed by atoms with van der Waals surface area (Å²) in [6.07, 6.45) is 7.88. The molecule has 1 N–H and O–H groups in total. The van der Waals surface area contributed by atoms with Crippen molar-refractivity contribution in [3.63, 3.8) is 0 Å². The van der Waals surface area contributed by atoms with E-state index in [0.29, 0.717) is 5.56 Å². The molecule has 6 heteroatoms. The number of carbonyl (C=O) groups excluding carboxylic acids is 3. The fourth-order valence-electron chi connectivity index (χ4n) is 4.08. The van der Waals surface area contributed by atoms with Crippen molar-refractivity contribution in [2.45, 2.75) is 13.3 Å². The van der Waals surface area contributed by atoms with E-state index in [9.17, 15) is 14.4 Å². The van der Waals surface area contributed by atoms with Crippen molar-refractivity contribution in [1.82, 2.24) is 15.4 Å². The number of hydrazine groups is 1. The van der Waals surface area contributed by atoms with Crippen LogP contribution in [0.2, 0.25) is 0 Å². The van der Waals surface area contributed by atoms with Crippen molar-refractivity contribution in [2.75, 3.05) is 0 Å². The van der Waals surface area contributed by atoms with E-state index in [2.05, 4.69) is 10.4 Å². The molecule has 1 aromatic heterocycles. The van der Waals surface area contributed by atoms with Crippen LogP contribution < -0.4 is 5.43 Å². The minimum absolute atomic E-state index is 0.0850. The fraction of sp³-hybridized carbons (Fsp3) is 0.375. The molecule has 112 valence electrons. The van der Waals surface area contributed by atoms with Crippen molar-refractivity contribution in [1.29, 1.82) is 0 Å². The molecule has 4 atom stereocenters. The third kappa shape index (κ3) is 1.49. The Morgan fingerprint density at radius 2 is 2.05 bits per heavy atom. The molecule has 3 amide bonds. The maximum atomic E-state index is 12.7. The molecule has 0 spiro atoms. The lowest BCUT2D eigenvalue weighted by Gasteiger charge is -2.28. The van der Waals surface area contributed by atoms with Gasteiger partial charge in [0.15, 0.2) is 0 Å². The highest BCUT2D eigenvalue weighted by Crippen LogP contribution is 2.60. The summed E-state index contributed by atoms with van der Waals surface area (Å²) in [4.78, 5) is 41.4. The van der Waals surface area contributed by atoms with Gasteiger partial charge in [-0.2, -0.15) is 5.01 Å². The number of pyridine rings is 1. The maximum absolute atomic E-state index is 12.7. The van der Waals surface area contributed by atoms with Crippen LogP contribution in [0.3, 0.4) is 0 Å². The molecular formula is C16H15N3O3. The minimum Gasteiger partial charge on any atom is -0.272 e. The SMILES string of the molecule is C[C@]12C(=O)N(NC(=O)c3ccncc3)C(=O)[C@H]1[C@H]1C=C[C@@H]2C1. The highest BCUT2D eigenvalue weighted by Gasteiger charge is 2.67. The number of amides is 3. The number of allylic oxidation sites excluding steroid dienone is 2. The van der Waals surface area contributed by atoms with Gasteiger partial charge in [0.2, 0.25) is 0 Å². The van der Waals surface area contributed by atoms with Gasteiger partial charge in [0.25, 0.3) is 17.7 Å². The lowest BCUT2D eigenvalue weighted by Crippen LogP contribution is -2.48. The number of hydrogen-bond donors (Lipinski definition) is 1. The molecule has 6 nitrogen and oxygen atoms in total. The number of hydrogen-bond acceptors (Lipinski definition) is 4. The second-order valence-electron chi connectivity index (χ2n) is 6.31. The number of nitrogens with zero attached hydrogens (tertiary/aromatic N) is 2. The molecule has 22 heavy (non-hydrogen) atoms. The molecule has 1 aromatic rings. The summed E-state index contributed by atoms with van der Waals surface area (Å²) in [5.74, 6) is -1.25. The molecule has 3 aliphatic rings. The third-order valence-corrected chi connectivity index (χ3v) is 5.27. The molecular weight excluding hydrogens is 282 g/mol. The van der Waals surface area contributed by atoms with Crippen LogP contribution >= 0.6 is 0 Å². The van der Waals surface area contributed by atoms with Gasteiger partial charge in [-0.15, -0.1) is 0 Å². The maximum Gasteiger partial charge on any atom is 0.270 e. The van der Waals surface area contributed by atoms with E-state index in [0.717, 1.165) is 11.4 Å². The topological polar surface area (TPSA) is 79.4 Å². The Balaban J connectivity index is 1.61. The molecule has 0 unspecified atom stereocenters. The summed E-state index contributed by atoms with van der Waals surface area (Å²) in [5.41, 5.74) is 2.10. The van der Waals surface area contributed by atoms with Crippen LogP contribution in [0.15, 0.2) is 36.7 Å². The Labute approximate surface area is 127 Å². The van der Waals surface area contributed by atoms with Crippen LogP contribution in [-0.4, -0.2) is 27.7 Å². The van der Waals surface area contributed by atoms with E-state index < -0.39 is 11.3 Å². The molecule has 2 fully saturated rings. The Morgan fingerprint density at radius 3 is 2.73 bits per heavy atom. The predicted octanol–water partition coefficient (Wildman–Crippen LogP) is 0.924. The van der Waals surface area contributed by atoms with Gasteiger partial charge >= 0.3 is 0 Å². The zero-order valence-electron chi connectivity index (χ0n) is 12.0. The number of nitrogens with one attached hydrogen (secondary N) is 1. The Kier molecular flexibility index (Phi) is 2.55. The van der Waals surface area contributed by atoms with Gasteiger partial charge in [0, 0.05) is 18.0 Å². The van der Waals surface area contributed by atoms with Gasteiger partial charge in [-0.25, -0.2) is 0 Å². The average Bonchev–Trinajstić information content (AvgIpc) is 3.16. The summed E-state index contributed by atoms with van der Waals surface area (Å²) >= 11 is 0. The quantitative estimate of drug-likeness (QED) is 0.650. The van der Waals surface area contributed by atoms with Gasteiger partial charge in [0.1, 0.15) is 0 Å². The summed E-state index contributed by atoms with van der Waals surface area (Å²) in [6.45, 7) is 1.84. The molecule has 2 bridgehead atoms. The van der Waals surface area contributed by atoms with Crippen LogP contribution in [0.5, 0.6) is 0 Å². The number of imide groups is 1. The molecule has 4 rings (SSSR count). The van der Waals surface area contributed by atoms with E-state index in [1.165, 1.54) is 24.5 Å². The van der Waals surface area contributed by atoms with Crippen molar-refractivity contribution < 1.29 is 14.4 Å². The summed E-state index contributed by atoms with van der Waals surface area (Å²) in [5, 5.41) is 0.916. The van der Waals surface area contributed by atoms with Gasteiger partial charge in [0.05, 0.1) is 11.3 Å². The summed E-state index contributed by atoms with van der Waals surface area (Å²) < 4.78 is 0. The van der Waals surface area contributed by atoms with Crippen LogP contribution in [-0.2, 0) is 9.59 Å². The highest BCUT2D eigenvalue weighted by atomic mass is 16.2. The van der Waals surface area contributed by atoms with E-state index in [1.54, 1.807) is 0 Å². The minimum atomic E-state index is -0.720. The molecule has 1 saturated carbocycles. The van der Waals surface area contributed by atoms with E-state index in [-0.39, 0.29) is 29.6 Å². The average molecular weight is 297 g/mol. The molecule has 0 aromatic carbocycles. The lowest BCUT2D eigenvalue weighted by atomic mass is 9.71. The molecule has 1 aliphatic heterocycles. The molecule has 2 heterocycles. The molecule has 1 saturated heterocycles. The lowest BCUT2D eigenvalue weighted by molar-refractivity contribution is -0.145. The number of aromatic nitrogens is 1. The van der Waals surface area contributed by atoms with Gasteiger partial charge in [-0.1, -0.05) is 12.2 Å². The molecule has 0 radical (unpaired) electrons. The second-order valence-corrected chi connectivity index (χ2v) is 6.31. The van der Waals surface area contributed by atoms with E-state index >= 15 is 0 Å². The van der Waals surface area contributed by atoms with Gasteiger partial charge in [-0.3, -0.25) is 24.8 Å². The summed E-state index contributed by atoms with van der Waals surface area (Å²) in [7, 11) is 0. The van der Waals surface area contributed by atoms with Gasteiger partial charge < -0.3 is 0 Å². The molecule has 2 aliphatic carbocycles. The fourth-order valence-corrected chi connectivity index (χ4v) is 4.08. The smallest absolute Gasteiger partial charge is 0.270 e. The second kappa shape index (κ2) is 4.25. The first kappa shape index (κ1) is 13.2. The first-order valence-corrected chi connectivity index (χ1v) is 7.31. The standard InChI is InChI=1S/C16H15N3O3/c1-16-11-3-2-10(8-11)12(16)14(21)19(15(16)22)18-13(20)9-4-6-17-7-5-9/h2-7,10-12H,8H2,1H3,(H,18,20)/t10-,11+,12+,16+/m0/s1. The highest BCUT2D eigenvalue weighted by molar-refractivity contribution is 6.10. The summed E-state index contributed by atoms with van der Waals surface area (Å²) in [6, 6.07) is 3.07. The zero-order chi connectivity index (χ0) is 15.5. The number of fused-ring (bicyclic) bond motifs is 5. The number of carbonyl (C=O) groups is 3. The van der Waals surface area contributed by atoms with Crippen molar-refractivity contribution in [2.24, 2.45) is 23.2 Å². The van der Waals surface area contributed by atoms with Crippen LogP contribution in [0, 0.1) is 23.2 Å². The predicted molar refractivity (Wildman–Crippen MR) is 75.9 cm³/mol. The normalized spacial score (nSPS) is 35.1. The Bertz CT molecular complexity index is 715. The van der Waals surface area contributed by atoms with E-state index in [1.807, 2.05) is 19.1 Å². The largest absolute Gasteiger partial charge is 0.272 e. The third-order valence-electron chi connectivity index (χ3n) is 5.27. The Morgan fingerprint density at radius 1 is 1.32 bits per heavy atom. The van der Waals surface area contributed by atoms with Crippen molar-refractivity contribution >= 4 is 17.7 Å². The van der Waals surface area contributed by atoms with Gasteiger partial charge in [-0.05, 0) is 37.3 Å². The first-order valence-electron chi connectivity index (χ1n) is 7.31. The zero-order valence-corrected chi connectivity index (χ0v) is 12.0. The monoisotopic (exact) mass is 297 g/mol. The van der Waals surface area contributed by atoms with Crippen LogP contribution in [0.4, 0.5) is 0 Å². The first-order chi connectivity index (χ1) is 10.5.